The number of benzene rings is 1. The van der Waals surface area contributed by atoms with Gasteiger partial charge >= 0.3 is 0 Å². The van der Waals surface area contributed by atoms with Gasteiger partial charge in [-0.15, -0.1) is 0 Å². The third-order valence-electron chi connectivity index (χ3n) is 3.46. The van der Waals surface area contributed by atoms with Crippen molar-refractivity contribution in [1.29, 1.82) is 0 Å². The average molecular weight is 293 g/mol. The van der Waals surface area contributed by atoms with Crippen LogP contribution in [0.25, 0.3) is 0 Å². The van der Waals surface area contributed by atoms with Gasteiger partial charge in [-0.25, -0.2) is 0 Å². The Morgan fingerprint density at radius 3 is 2.25 bits per heavy atom. The van der Waals surface area contributed by atoms with Gasteiger partial charge in [0.25, 0.3) is 0 Å². The maximum atomic E-state index is 10.3. The lowest BCUT2D eigenvalue weighted by Gasteiger charge is -2.12. The normalized spacial score (nSPS) is 12.7. The van der Waals surface area contributed by atoms with Crippen LogP contribution in [0.15, 0.2) is 18.2 Å². The van der Waals surface area contributed by atoms with Gasteiger partial charge in [-0.2, -0.15) is 5.10 Å². The first-order chi connectivity index (χ1) is 9.36. The van der Waals surface area contributed by atoms with E-state index in [1.165, 1.54) is 11.1 Å². The van der Waals surface area contributed by atoms with Crippen LogP contribution in [0.2, 0.25) is 5.15 Å². The molecule has 1 aromatic heterocycles. The van der Waals surface area contributed by atoms with Gasteiger partial charge in [-0.1, -0.05) is 40.9 Å². The molecular weight excluding hydrogens is 272 g/mol. The highest BCUT2D eigenvalue weighted by Crippen LogP contribution is 2.21. The van der Waals surface area contributed by atoms with Gasteiger partial charge in [0.1, 0.15) is 5.15 Å². The number of hydrogen-bond acceptors (Lipinski definition) is 2. The Kier molecular flexibility index (Phi) is 4.51. The van der Waals surface area contributed by atoms with Gasteiger partial charge in [0.15, 0.2) is 0 Å². The van der Waals surface area contributed by atoms with E-state index in [-0.39, 0.29) is 0 Å². The molecule has 1 atom stereocenters. The third kappa shape index (κ3) is 3.41. The Hall–Kier alpha value is -1.32. The summed E-state index contributed by atoms with van der Waals surface area (Å²) in [6, 6.07) is 6.37. The lowest BCUT2D eigenvalue weighted by Crippen LogP contribution is -2.14. The Morgan fingerprint density at radius 1 is 1.15 bits per heavy atom. The standard InChI is InChI=1S/C16H21ClN2O/c1-10-5-11(2)7-13(6-10)8-14(20)9-15-12(3)18-19(4)16(15)17/h5-7,14,20H,8-9H2,1-4H3. The van der Waals surface area contributed by atoms with Crippen molar-refractivity contribution in [2.45, 2.75) is 39.7 Å². The van der Waals surface area contributed by atoms with Crippen LogP contribution >= 0.6 is 11.6 Å². The molecular formula is C16H21ClN2O. The van der Waals surface area contributed by atoms with Crippen LogP contribution in [0.4, 0.5) is 0 Å². The summed E-state index contributed by atoms with van der Waals surface area (Å²) in [5.74, 6) is 0. The molecule has 108 valence electrons. The Labute approximate surface area is 125 Å². The number of hydrogen-bond donors (Lipinski definition) is 1. The Balaban J connectivity index is 2.10. The fourth-order valence-corrected chi connectivity index (χ4v) is 2.92. The molecule has 1 heterocycles. The smallest absolute Gasteiger partial charge is 0.130 e. The van der Waals surface area contributed by atoms with Crippen molar-refractivity contribution >= 4 is 11.6 Å². The summed E-state index contributed by atoms with van der Waals surface area (Å²) in [6.07, 6.45) is 0.718. The molecule has 20 heavy (non-hydrogen) atoms. The molecule has 0 aliphatic heterocycles. The van der Waals surface area contributed by atoms with Crippen molar-refractivity contribution in [2.75, 3.05) is 0 Å². The molecule has 3 nitrogen and oxygen atoms in total. The molecule has 0 radical (unpaired) electrons. The van der Waals surface area contributed by atoms with E-state index in [0.29, 0.717) is 18.0 Å². The predicted molar refractivity (Wildman–Crippen MR) is 82.3 cm³/mol. The highest BCUT2D eigenvalue weighted by molar-refractivity contribution is 6.30. The molecule has 0 spiro atoms. The summed E-state index contributed by atoms with van der Waals surface area (Å²) in [7, 11) is 1.81. The maximum absolute atomic E-state index is 10.3. The number of aliphatic hydroxyl groups is 1. The molecule has 4 heteroatoms. The molecule has 0 saturated carbocycles. The van der Waals surface area contributed by atoms with Crippen molar-refractivity contribution in [1.82, 2.24) is 9.78 Å². The predicted octanol–water partition coefficient (Wildman–Crippen LogP) is 3.14. The van der Waals surface area contributed by atoms with Crippen LogP contribution in [-0.4, -0.2) is 21.0 Å². The molecule has 1 unspecified atom stereocenters. The molecule has 0 saturated heterocycles. The van der Waals surface area contributed by atoms with Crippen LogP contribution in [-0.2, 0) is 19.9 Å². The summed E-state index contributed by atoms with van der Waals surface area (Å²) in [6.45, 7) is 6.07. The minimum atomic E-state index is -0.448. The van der Waals surface area contributed by atoms with Crippen molar-refractivity contribution in [3.05, 3.63) is 51.3 Å². The van der Waals surface area contributed by atoms with Crippen LogP contribution < -0.4 is 0 Å². The van der Waals surface area contributed by atoms with E-state index in [0.717, 1.165) is 16.8 Å². The van der Waals surface area contributed by atoms with E-state index >= 15 is 0 Å². The summed E-state index contributed by atoms with van der Waals surface area (Å²) >= 11 is 6.20. The van der Waals surface area contributed by atoms with Gasteiger partial charge in [-0.3, -0.25) is 4.68 Å². The molecule has 2 aromatic rings. The molecule has 2 rings (SSSR count). The fourth-order valence-electron chi connectivity index (χ4n) is 2.67. The Bertz CT molecular complexity index is 599. The number of aryl methyl sites for hydroxylation is 4. The molecule has 0 bridgehead atoms. The van der Waals surface area contributed by atoms with Crippen LogP contribution in [0, 0.1) is 20.8 Å². The summed E-state index contributed by atoms with van der Waals surface area (Å²) < 4.78 is 1.65. The zero-order valence-corrected chi connectivity index (χ0v) is 13.2. The lowest BCUT2D eigenvalue weighted by molar-refractivity contribution is 0.175. The number of rotatable bonds is 4. The van der Waals surface area contributed by atoms with E-state index in [2.05, 4.69) is 37.1 Å². The largest absolute Gasteiger partial charge is 0.392 e. The average Bonchev–Trinajstić information content (AvgIpc) is 2.54. The molecule has 0 amide bonds. The second-order valence-corrected chi connectivity index (χ2v) is 5.89. The van der Waals surface area contributed by atoms with E-state index in [1.54, 1.807) is 4.68 Å². The third-order valence-corrected chi connectivity index (χ3v) is 3.94. The lowest BCUT2D eigenvalue weighted by atomic mass is 9.99. The van der Waals surface area contributed by atoms with Crippen LogP contribution in [0.3, 0.4) is 0 Å². The molecule has 0 fully saturated rings. The first-order valence-electron chi connectivity index (χ1n) is 6.80. The van der Waals surface area contributed by atoms with E-state index in [1.807, 2.05) is 14.0 Å². The maximum Gasteiger partial charge on any atom is 0.130 e. The first kappa shape index (κ1) is 15.1. The van der Waals surface area contributed by atoms with Gasteiger partial charge in [-0.05, 0) is 32.8 Å². The summed E-state index contributed by atoms with van der Waals surface area (Å²) in [5, 5.41) is 15.2. The van der Waals surface area contributed by atoms with Crippen LogP contribution in [0.1, 0.15) is 27.9 Å². The van der Waals surface area contributed by atoms with Gasteiger partial charge in [0.2, 0.25) is 0 Å². The van der Waals surface area contributed by atoms with Crippen molar-refractivity contribution in [3.8, 4) is 0 Å². The number of halogens is 1. The molecule has 1 N–H and O–H groups in total. The van der Waals surface area contributed by atoms with E-state index < -0.39 is 6.10 Å². The van der Waals surface area contributed by atoms with Gasteiger partial charge in [0, 0.05) is 19.0 Å². The molecule has 0 aliphatic carbocycles. The summed E-state index contributed by atoms with van der Waals surface area (Å²) in [5.41, 5.74) is 5.43. The van der Waals surface area contributed by atoms with Gasteiger partial charge in [0.05, 0.1) is 11.8 Å². The number of aromatic nitrogens is 2. The van der Waals surface area contributed by atoms with Crippen molar-refractivity contribution < 1.29 is 5.11 Å². The fraction of sp³-hybridized carbons (Fsp3) is 0.438. The highest BCUT2D eigenvalue weighted by atomic mass is 35.5. The molecule has 0 aliphatic rings. The first-order valence-corrected chi connectivity index (χ1v) is 7.18. The minimum Gasteiger partial charge on any atom is -0.392 e. The topological polar surface area (TPSA) is 38.1 Å². The van der Waals surface area contributed by atoms with E-state index in [4.69, 9.17) is 11.6 Å². The number of nitrogens with zero attached hydrogens (tertiary/aromatic N) is 2. The zero-order valence-electron chi connectivity index (χ0n) is 12.4. The van der Waals surface area contributed by atoms with Crippen molar-refractivity contribution in [3.63, 3.8) is 0 Å². The van der Waals surface area contributed by atoms with Crippen molar-refractivity contribution in [2.24, 2.45) is 7.05 Å². The quantitative estimate of drug-likeness (QED) is 0.940. The Morgan fingerprint density at radius 2 is 1.75 bits per heavy atom. The SMILES string of the molecule is Cc1cc(C)cc(CC(O)Cc2c(C)nn(C)c2Cl)c1. The van der Waals surface area contributed by atoms with Crippen LogP contribution in [0.5, 0.6) is 0 Å². The molecule has 1 aromatic carbocycles. The second kappa shape index (κ2) is 5.98. The number of aliphatic hydroxyl groups excluding tert-OH is 1. The van der Waals surface area contributed by atoms with E-state index in [9.17, 15) is 5.11 Å². The minimum absolute atomic E-state index is 0.448. The summed E-state index contributed by atoms with van der Waals surface area (Å²) in [4.78, 5) is 0. The zero-order chi connectivity index (χ0) is 14.9. The monoisotopic (exact) mass is 292 g/mol. The highest BCUT2D eigenvalue weighted by Gasteiger charge is 2.16. The second-order valence-electron chi connectivity index (χ2n) is 5.54. The van der Waals surface area contributed by atoms with Gasteiger partial charge < -0.3 is 5.11 Å².